The molecule has 0 aromatic carbocycles. The van der Waals surface area contributed by atoms with Crippen LogP contribution in [0.15, 0.2) is 0 Å². The number of alkyl halides is 3. The number of hydrogen-bond acceptors (Lipinski definition) is 3. The summed E-state index contributed by atoms with van der Waals surface area (Å²) in [6.45, 7) is 0. The van der Waals surface area contributed by atoms with E-state index < -0.39 is 15.7 Å². The van der Waals surface area contributed by atoms with Crippen LogP contribution in [0.3, 0.4) is 0 Å². The molecule has 3 nitrogen and oxygen atoms in total. The average molecular weight is 339 g/mol. The third-order valence-corrected chi connectivity index (χ3v) is 1.71. The lowest BCUT2D eigenvalue weighted by Gasteiger charge is -1.99. The summed E-state index contributed by atoms with van der Waals surface area (Å²) in [5, 5.41) is 0.0193. The first-order chi connectivity index (χ1) is 4.57. The van der Waals surface area contributed by atoms with Crippen molar-refractivity contribution in [1.29, 1.82) is 0 Å². The summed E-state index contributed by atoms with van der Waals surface area (Å²) in [6.07, 6.45) is 0. The van der Waals surface area contributed by atoms with Gasteiger partial charge in [0.15, 0.2) is 3.74 Å². The topological polar surface area (TPSA) is 43.4 Å². The Morgan fingerprint density at radius 3 is 2.20 bits per heavy atom. The highest BCUT2D eigenvalue weighted by atomic mass is 79.9. The van der Waals surface area contributed by atoms with Crippen LogP contribution in [0.2, 0.25) is 0 Å². The molecule has 0 heterocycles. The lowest BCUT2D eigenvalue weighted by molar-refractivity contribution is -0.155. The Morgan fingerprint density at radius 2 is 1.90 bits per heavy atom. The fraction of sp³-hybridized carbons (Fsp3) is 0.500. The van der Waals surface area contributed by atoms with Crippen molar-refractivity contribution in [3.8, 4) is 0 Å². The molecule has 0 aromatic rings. The van der Waals surface area contributed by atoms with Crippen molar-refractivity contribution in [1.82, 2.24) is 0 Å². The van der Waals surface area contributed by atoms with Gasteiger partial charge in [-0.2, -0.15) is 0 Å². The van der Waals surface area contributed by atoms with E-state index in [2.05, 4.69) is 52.5 Å². The summed E-state index contributed by atoms with van der Waals surface area (Å²) in [6, 6.07) is 0. The third kappa shape index (κ3) is 4.40. The van der Waals surface area contributed by atoms with E-state index in [9.17, 15) is 9.59 Å². The van der Waals surface area contributed by atoms with E-state index in [1.165, 1.54) is 0 Å². The number of rotatable bonds is 2. The number of halogens is 3. The van der Waals surface area contributed by atoms with Gasteiger partial charge in [0.2, 0.25) is 0 Å². The van der Waals surface area contributed by atoms with E-state index in [-0.39, 0.29) is 5.33 Å². The van der Waals surface area contributed by atoms with Crippen molar-refractivity contribution in [3.63, 3.8) is 0 Å². The van der Waals surface area contributed by atoms with Gasteiger partial charge in [0.1, 0.15) is 5.33 Å². The first-order valence-electron chi connectivity index (χ1n) is 2.16. The van der Waals surface area contributed by atoms with Crippen molar-refractivity contribution in [3.05, 3.63) is 0 Å². The van der Waals surface area contributed by atoms with Gasteiger partial charge in [0.05, 0.1) is 0 Å². The van der Waals surface area contributed by atoms with Crippen LogP contribution in [0.1, 0.15) is 0 Å². The van der Waals surface area contributed by atoms with Crippen LogP contribution in [-0.2, 0) is 14.3 Å². The Morgan fingerprint density at radius 1 is 1.40 bits per heavy atom. The van der Waals surface area contributed by atoms with Gasteiger partial charge >= 0.3 is 11.9 Å². The molecule has 0 rings (SSSR count). The zero-order valence-electron chi connectivity index (χ0n) is 4.64. The molecule has 0 aliphatic carbocycles. The molecule has 58 valence electrons. The quantitative estimate of drug-likeness (QED) is 0.436. The van der Waals surface area contributed by atoms with Crippen LogP contribution in [0.25, 0.3) is 0 Å². The minimum absolute atomic E-state index is 0.0193. The number of carbonyl (C=O) groups is 2. The van der Waals surface area contributed by atoms with Crippen LogP contribution in [0.4, 0.5) is 0 Å². The number of hydrogen-bond donors (Lipinski definition) is 0. The summed E-state index contributed by atoms with van der Waals surface area (Å²) in [5.74, 6) is -1.25. The van der Waals surface area contributed by atoms with E-state index in [0.717, 1.165) is 0 Å². The molecule has 0 saturated heterocycles. The molecule has 0 amide bonds. The molecule has 0 spiro atoms. The van der Waals surface area contributed by atoms with E-state index in [1.807, 2.05) is 0 Å². The van der Waals surface area contributed by atoms with E-state index >= 15 is 0 Å². The fourth-order valence-electron chi connectivity index (χ4n) is 0.184. The van der Waals surface area contributed by atoms with Crippen molar-refractivity contribution >= 4 is 59.7 Å². The zero-order chi connectivity index (χ0) is 8.15. The largest absolute Gasteiger partial charge is 0.391 e. The lowest BCUT2D eigenvalue weighted by atomic mass is 10.7. The maximum Gasteiger partial charge on any atom is 0.338 e. The lowest BCUT2D eigenvalue weighted by Crippen LogP contribution is -2.17. The molecule has 0 atom stereocenters. The van der Waals surface area contributed by atoms with Gasteiger partial charge in [-0.3, -0.25) is 4.79 Å². The Labute approximate surface area is 82.9 Å². The molecule has 0 N–H and O–H groups in total. The molecule has 0 aliphatic heterocycles. The number of esters is 2. The van der Waals surface area contributed by atoms with Crippen LogP contribution in [0.5, 0.6) is 0 Å². The normalized spacial score (nSPS) is 9.60. The second-order valence-corrected chi connectivity index (χ2v) is 4.85. The van der Waals surface area contributed by atoms with Gasteiger partial charge < -0.3 is 4.74 Å². The van der Waals surface area contributed by atoms with Gasteiger partial charge in [-0.25, -0.2) is 4.79 Å². The van der Waals surface area contributed by atoms with Crippen molar-refractivity contribution in [2.24, 2.45) is 0 Å². The first-order valence-corrected chi connectivity index (χ1v) is 5.12. The summed E-state index contributed by atoms with van der Waals surface area (Å²) >= 11 is 8.58. The van der Waals surface area contributed by atoms with Crippen LogP contribution < -0.4 is 0 Å². The van der Waals surface area contributed by atoms with Gasteiger partial charge in [-0.15, -0.1) is 0 Å². The van der Waals surface area contributed by atoms with Gasteiger partial charge in [-0.1, -0.05) is 47.8 Å². The molecule has 0 radical (unpaired) electrons. The summed E-state index contributed by atoms with van der Waals surface area (Å²) in [7, 11) is 0. The molecule has 0 aliphatic rings. The smallest absolute Gasteiger partial charge is 0.338 e. The Balaban J connectivity index is 3.69. The first kappa shape index (κ1) is 10.6. The van der Waals surface area contributed by atoms with Crippen molar-refractivity contribution in [2.45, 2.75) is 3.74 Å². The number of ether oxygens (including phenoxy) is 1. The molecule has 10 heavy (non-hydrogen) atoms. The summed E-state index contributed by atoms with van der Waals surface area (Å²) in [5.41, 5.74) is 0. The Kier molecular flexibility index (Phi) is 5.56. The van der Waals surface area contributed by atoms with Crippen LogP contribution >= 0.6 is 47.8 Å². The molecule has 0 unspecified atom stereocenters. The predicted octanol–water partition coefficient (Wildman–Crippen LogP) is 1.57. The standard InChI is InChI=1S/C4H3Br3O3/c5-1-2(8)10-4(9)3(6)7/h3H,1H2. The maximum atomic E-state index is 10.6. The monoisotopic (exact) mass is 336 g/mol. The van der Waals surface area contributed by atoms with Gasteiger partial charge in [-0.05, 0) is 0 Å². The minimum Gasteiger partial charge on any atom is -0.391 e. The molecule has 0 fully saturated rings. The SMILES string of the molecule is O=C(CBr)OC(=O)C(Br)Br. The molecular formula is C4H3Br3O3. The summed E-state index contributed by atoms with van der Waals surface area (Å²) < 4.78 is 3.62. The molecule has 0 saturated carbocycles. The molecule has 6 heteroatoms. The minimum atomic E-state index is -0.649. The van der Waals surface area contributed by atoms with Gasteiger partial charge in [0, 0.05) is 0 Å². The van der Waals surface area contributed by atoms with E-state index in [4.69, 9.17) is 0 Å². The highest BCUT2D eigenvalue weighted by Gasteiger charge is 2.15. The van der Waals surface area contributed by atoms with Crippen LogP contribution in [-0.4, -0.2) is 21.0 Å². The fourth-order valence-corrected chi connectivity index (χ4v) is 0.485. The molecular weight excluding hydrogens is 336 g/mol. The predicted molar refractivity (Wildman–Crippen MR) is 46.5 cm³/mol. The average Bonchev–Trinajstić information content (AvgIpc) is 1.87. The zero-order valence-corrected chi connectivity index (χ0v) is 9.40. The van der Waals surface area contributed by atoms with Crippen molar-refractivity contribution < 1.29 is 14.3 Å². The molecule has 0 aromatic heterocycles. The second kappa shape index (κ2) is 5.26. The maximum absolute atomic E-state index is 10.6. The van der Waals surface area contributed by atoms with Crippen molar-refractivity contribution in [2.75, 3.05) is 5.33 Å². The third-order valence-electron chi connectivity index (χ3n) is 0.502. The highest BCUT2D eigenvalue weighted by Crippen LogP contribution is 2.09. The highest BCUT2D eigenvalue weighted by molar-refractivity contribution is 9.25. The summed E-state index contributed by atoms with van der Waals surface area (Å²) in [4.78, 5) is 20.9. The number of carbonyl (C=O) groups excluding carboxylic acids is 2. The van der Waals surface area contributed by atoms with E-state index in [0.29, 0.717) is 0 Å². The second-order valence-electron chi connectivity index (χ2n) is 1.23. The van der Waals surface area contributed by atoms with Gasteiger partial charge in [0.25, 0.3) is 0 Å². The van der Waals surface area contributed by atoms with Crippen LogP contribution in [0, 0.1) is 0 Å². The Bertz CT molecular complexity index is 145. The molecule has 0 bridgehead atoms. The Hall–Kier alpha value is 0.580. The van der Waals surface area contributed by atoms with E-state index in [1.54, 1.807) is 0 Å².